The largest absolute Gasteiger partial charge is 0.345 e. The van der Waals surface area contributed by atoms with Crippen LogP contribution in [0.3, 0.4) is 0 Å². The van der Waals surface area contributed by atoms with Gasteiger partial charge in [-0.25, -0.2) is 0 Å². The van der Waals surface area contributed by atoms with E-state index in [1.165, 1.54) is 4.57 Å². The lowest BCUT2D eigenvalue weighted by Crippen LogP contribution is -2.52. The molecule has 1 aromatic carbocycles. The molecule has 0 atom stereocenters. The van der Waals surface area contributed by atoms with Crippen LogP contribution in [-0.4, -0.2) is 27.5 Å². The van der Waals surface area contributed by atoms with Crippen molar-refractivity contribution < 1.29 is 4.79 Å². The standard InChI is InChI=1S/C17H24N4O3/c1-4-17(5-2,10-18)20-14(22)11-7-8-13-12(9-11)19-15(23)16(24)21(13)6-3/h7-9H,4-6,10,18H2,1-3H3,(H,19,23)(H,20,22). The maximum atomic E-state index is 12.6. The molecule has 24 heavy (non-hydrogen) atoms. The van der Waals surface area contributed by atoms with Gasteiger partial charge in [0.05, 0.1) is 16.6 Å². The summed E-state index contributed by atoms with van der Waals surface area (Å²) in [4.78, 5) is 38.7. The van der Waals surface area contributed by atoms with E-state index in [0.717, 1.165) is 12.8 Å². The molecule has 0 aliphatic heterocycles. The molecule has 7 nitrogen and oxygen atoms in total. The minimum absolute atomic E-state index is 0.249. The topological polar surface area (TPSA) is 110 Å². The first-order chi connectivity index (χ1) is 11.4. The van der Waals surface area contributed by atoms with Crippen LogP contribution in [0.15, 0.2) is 27.8 Å². The lowest BCUT2D eigenvalue weighted by Gasteiger charge is -2.31. The van der Waals surface area contributed by atoms with Crippen molar-refractivity contribution in [3.8, 4) is 0 Å². The number of hydrogen-bond donors (Lipinski definition) is 3. The van der Waals surface area contributed by atoms with Crippen molar-refractivity contribution >= 4 is 16.9 Å². The van der Waals surface area contributed by atoms with Gasteiger partial charge in [0.15, 0.2) is 0 Å². The predicted molar refractivity (Wildman–Crippen MR) is 94.3 cm³/mol. The Bertz CT molecular complexity index is 854. The van der Waals surface area contributed by atoms with E-state index in [4.69, 9.17) is 5.73 Å². The number of carbonyl (C=O) groups is 1. The number of aromatic nitrogens is 2. The van der Waals surface area contributed by atoms with E-state index in [1.54, 1.807) is 25.1 Å². The van der Waals surface area contributed by atoms with Gasteiger partial charge in [-0.1, -0.05) is 13.8 Å². The van der Waals surface area contributed by atoms with Gasteiger partial charge in [-0.2, -0.15) is 0 Å². The van der Waals surface area contributed by atoms with Crippen LogP contribution >= 0.6 is 0 Å². The average molecular weight is 332 g/mol. The van der Waals surface area contributed by atoms with E-state index in [0.29, 0.717) is 29.7 Å². The highest BCUT2D eigenvalue weighted by Crippen LogP contribution is 2.16. The maximum Gasteiger partial charge on any atom is 0.316 e. The Kier molecular flexibility index (Phi) is 5.23. The van der Waals surface area contributed by atoms with E-state index in [9.17, 15) is 14.4 Å². The third-order valence-corrected chi connectivity index (χ3v) is 4.68. The van der Waals surface area contributed by atoms with Gasteiger partial charge in [-0.3, -0.25) is 14.4 Å². The van der Waals surface area contributed by atoms with Gasteiger partial charge in [0.25, 0.3) is 5.91 Å². The predicted octanol–water partition coefficient (Wildman–Crippen LogP) is 0.957. The molecule has 0 aliphatic rings. The van der Waals surface area contributed by atoms with Crippen LogP contribution in [-0.2, 0) is 6.54 Å². The van der Waals surface area contributed by atoms with Gasteiger partial charge < -0.3 is 20.6 Å². The van der Waals surface area contributed by atoms with Gasteiger partial charge in [0, 0.05) is 18.7 Å². The fraction of sp³-hybridized carbons (Fsp3) is 0.471. The lowest BCUT2D eigenvalue weighted by atomic mass is 9.92. The third kappa shape index (κ3) is 3.12. The number of nitrogens with zero attached hydrogens (tertiary/aromatic N) is 1. The van der Waals surface area contributed by atoms with Gasteiger partial charge in [0.1, 0.15) is 0 Å². The highest BCUT2D eigenvalue weighted by Gasteiger charge is 2.26. The number of benzene rings is 1. The number of carbonyl (C=O) groups excluding carboxylic acids is 1. The Morgan fingerprint density at radius 1 is 1.25 bits per heavy atom. The van der Waals surface area contributed by atoms with Crippen molar-refractivity contribution in [3.63, 3.8) is 0 Å². The van der Waals surface area contributed by atoms with Gasteiger partial charge in [0.2, 0.25) is 0 Å². The van der Waals surface area contributed by atoms with Crippen LogP contribution in [0.2, 0.25) is 0 Å². The highest BCUT2D eigenvalue weighted by molar-refractivity contribution is 5.97. The quantitative estimate of drug-likeness (QED) is 0.684. The lowest BCUT2D eigenvalue weighted by molar-refractivity contribution is 0.0895. The van der Waals surface area contributed by atoms with E-state index in [-0.39, 0.29) is 5.91 Å². The number of H-pyrrole nitrogens is 1. The Morgan fingerprint density at radius 3 is 2.46 bits per heavy atom. The second-order valence-corrected chi connectivity index (χ2v) is 5.88. The van der Waals surface area contributed by atoms with E-state index < -0.39 is 16.7 Å². The van der Waals surface area contributed by atoms with Crippen molar-refractivity contribution in [1.29, 1.82) is 0 Å². The fourth-order valence-electron chi connectivity index (χ4n) is 2.81. The number of nitrogens with one attached hydrogen (secondary N) is 2. The Labute approximate surface area is 139 Å². The first-order valence-electron chi connectivity index (χ1n) is 8.20. The molecule has 130 valence electrons. The Balaban J connectivity index is 2.48. The van der Waals surface area contributed by atoms with Crippen LogP contribution in [0.25, 0.3) is 11.0 Å². The van der Waals surface area contributed by atoms with Crippen molar-refractivity contribution in [1.82, 2.24) is 14.9 Å². The number of amides is 1. The molecule has 0 unspecified atom stereocenters. The summed E-state index contributed by atoms with van der Waals surface area (Å²) in [7, 11) is 0. The normalized spacial score (nSPS) is 11.7. The van der Waals surface area contributed by atoms with Crippen LogP contribution in [0.4, 0.5) is 0 Å². The zero-order chi connectivity index (χ0) is 17.9. The molecular weight excluding hydrogens is 308 g/mol. The molecule has 2 aromatic rings. The van der Waals surface area contributed by atoms with Gasteiger partial charge in [-0.15, -0.1) is 0 Å². The monoisotopic (exact) mass is 332 g/mol. The zero-order valence-electron chi connectivity index (χ0n) is 14.3. The van der Waals surface area contributed by atoms with Crippen LogP contribution < -0.4 is 22.2 Å². The third-order valence-electron chi connectivity index (χ3n) is 4.68. The van der Waals surface area contributed by atoms with E-state index in [1.807, 2.05) is 13.8 Å². The van der Waals surface area contributed by atoms with Crippen molar-refractivity contribution in [3.05, 3.63) is 44.5 Å². The first kappa shape index (κ1) is 17.9. The van der Waals surface area contributed by atoms with E-state index in [2.05, 4.69) is 10.3 Å². The minimum Gasteiger partial charge on any atom is -0.345 e. The molecule has 0 spiro atoms. The highest BCUT2D eigenvalue weighted by atomic mass is 16.2. The van der Waals surface area contributed by atoms with Gasteiger partial charge in [-0.05, 0) is 38.0 Å². The smallest absolute Gasteiger partial charge is 0.316 e. The van der Waals surface area contributed by atoms with Gasteiger partial charge >= 0.3 is 11.1 Å². The number of fused-ring (bicyclic) bond motifs is 1. The summed E-state index contributed by atoms with van der Waals surface area (Å²) < 4.78 is 1.39. The maximum absolute atomic E-state index is 12.6. The molecule has 1 aromatic heterocycles. The zero-order valence-corrected chi connectivity index (χ0v) is 14.3. The second kappa shape index (κ2) is 7.00. The molecular formula is C17H24N4O3. The summed E-state index contributed by atoms with van der Waals surface area (Å²) in [6, 6.07) is 4.91. The van der Waals surface area contributed by atoms with E-state index >= 15 is 0 Å². The number of rotatable bonds is 6. The molecule has 0 radical (unpaired) electrons. The molecule has 1 amide bonds. The summed E-state index contributed by atoms with van der Waals surface area (Å²) in [5.74, 6) is -0.249. The molecule has 0 saturated heterocycles. The Morgan fingerprint density at radius 2 is 1.92 bits per heavy atom. The first-order valence-corrected chi connectivity index (χ1v) is 8.20. The van der Waals surface area contributed by atoms with Crippen LogP contribution in [0.1, 0.15) is 44.0 Å². The number of aryl methyl sites for hydroxylation is 1. The number of nitrogens with two attached hydrogens (primary N) is 1. The van der Waals surface area contributed by atoms with Crippen molar-refractivity contribution in [2.75, 3.05) is 6.54 Å². The van der Waals surface area contributed by atoms with Crippen molar-refractivity contribution in [2.24, 2.45) is 5.73 Å². The average Bonchev–Trinajstić information content (AvgIpc) is 2.60. The van der Waals surface area contributed by atoms with Crippen LogP contribution in [0.5, 0.6) is 0 Å². The fourth-order valence-corrected chi connectivity index (χ4v) is 2.81. The summed E-state index contributed by atoms with van der Waals surface area (Å²) >= 11 is 0. The molecule has 7 heteroatoms. The molecule has 0 aliphatic carbocycles. The summed E-state index contributed by atoms with van der Waals surface area (Å²) in [6.07, 6.45) is 1.46. The molecule has 2 rings (SSSR count). The number of hydrogen-bond acceptors (Lipinski definition) is 4. The van der Waals surface area contributed by atoms with Crippen LogP contribution in [0, 0.1) is 0 Å². The SMILES string of the molecule is CCn1c(=O)c(=O)[nH]c2cc(C(=O)NC(CC)(CC)CN)ccc21. The molecule has 0 bridgehead atoms. The molecule has 0 saturated carbocycles. The Hall–Kier alpha value is -2.41. The molecule has 0 fully saturated rings. The minimum atomic E-state index is -0.694. The summed E-state index contributed by atoms with van der Waals surface area (Å²) in [5.41, 5.74) is 5.55. The van der Waals surface area contributed by atoms with Crippen molar-refractivity contribution in [2.45, 2.75) is 45.7 Å². The number of aromatic amines is 1. The summed E-state index contributed by atoms with van der Waals surface area (Å²) in [5, 5.41) is 2.99. The molecule has 1 heterocycles. The molecule has 4 N–H and O–H groups in total. The summed E-state index contributed by atoms with van der Waals surface area (Å²) in [6.45, 7) is 6.49. The second-order valence-electron chi connectivity index (χ2n) is 5.88.